The van der Waals surface area contributed by atoms with Gasteiger partial charge in [-0.15, -0.1) is 0 Å². The molecule has 4 aromatic rings. The number of hydrogen-bond acceptors (Lipinski definition) is 8. The van der Waals surface area contributed by atoms with E-state index in [1.54, 1.807) is 49.9 Å². The van der Waals surface area contributed by atoms with Crippen LogP contribution in [0.3, 0.4) is 0 Å². The zero-order valence-corrected chi connectivity index (χ0v) is 24.2. The molecular formula is C29H27ClN4O5S. The molecule has 0 radical (unpaired) electrons. The van der Waals surface area contributed by atoms with Gasteiger partial charge in [-0.1, -0.05) is 47.2 Å². The van der Waals surface area contributed by atoms with E-state index in [4.69, 9.17) is 25.8 Å². The molecule has 0 saturated carbocycles. The van der Waals surface area contributed by atoms with Crippen LogP contribution in [-0.4, -0.2) is 41.1 Å². The number of methoxy groups -OCH3 is 2. The molecule has 0 spiro atoms. The fraction of sp³-hybridized carbons (Fsp3) is 0.241. The minimum Gasteiger partial charge on any atom is -0.493 e. The normalized spacial score (nSPS) is 15.1. The van der Waals surface area contributed by atoms with E-state index in [9.17, 15) is 9.59 Å². The zero-order valence-electron chi connectivity index (χ0n) is 22.6. The second-order valence-corrected chi connectivity index (χ2v) is 10.3. The molecule has 1 atom stereocenters. The molecule has 0 bridgehead atoms. The van der Waals surface area contributed by atoms with Crippen LogP contribution in [0, 0.1) is 6.92 Å². The van der Waals surface area contributed by atoms with Crippen LogP contribution >= 0.6 is 22.9 Å². The lowest BCUT2D eigenvalue weighted by Gasteiger charge is -2.25. The lowest BCUT2D eigenvalue weighted by atomic mass is 9.95. The summed E-state index contributed by atoms with van der Waals surface area (Å²) in [5.74, 6) is 0.453. The highest BCUT2D eigenvalue weighted by Gasteiger charge is 2.34. The van der Waals surface area contributed by atoms with Crippen molar-refractivity contribution in [1.29, 1.82) is 0 Å². The molecule has 2 aromatic carbocycles. The molecule has 40 heavy (non-hydrogen) atoms. The van der Waals surface area contributed by atoms with E-state index < -0.39 is 12.0 Å². The molecular weight excluding hydrogens is 552 g/mol. The van der Waals surface area contributed by atoms with Crippen molar-refractivity contribution >= 4 is 35.0 Å². The standard InChI is InChI=1S/C29H27ClN4O5S/c1-6-39-28(36)24-17(3)31-29-33(25(24)18-12-13-21(37-4)22(14-18)38-5)27(35)23(40-29)15-20-16(2)32-34(26(20)30)19-10-8-7-9-11-19/h7-15,25H,6H2,1-5H3/b23-15-. The summed E-state index contributed by atoms with van der Waals surface area (Å²) >= 11 is 7.97. The van der Waals surface area contributed by atoms with E-state index in [1.807, 2.05) is 37.3 Å². The highest BCUT2D eigenvalue weighted by Crippen LogP contribution is 2.36. The molecule has 206 valence electrons. The Labute approximate surface area is 239 Å². The molecule has 0 fully saturated rings. The first-order valence-electron chi connectivity index (χ1n) is 12.5. The molecule has 1 aliphatic rings. The SMILES string of the molecule is CCOC(=O)C1=C(C)N=c2s/c(=C\c3c(C)nn(-c4ccccc4)c3Cl)c(=O)n2C1c1ccc(OC)c(OC)c1. The van der Waals surface area contributed by atoms with Crippen LogP contribution in [0.4, 0.5) is 0 Å². The van der Waals surface area contributed by atoms with Crippen molar-refractivity contribution in [3.05, 3.63) is 101 Å². The number of benzene rings is 2. The highest BCUT2D eigenvalue weighted by molar-refractivity contribution is 7.07. The van der Waals surface area contributed by atoms with Crippen molar-refractivity contribution in [2.45, 2.75) is 26.8 Å². The third kappa shape index (κ3) is 4.73. The van der Waals surface area contributed by atoms with E-state index >= 15 is 0 Å². The van der Waals surface area contributed by atoms with Crippen molar-refractivity contribution in [1.82, 2.24) is 14.3 Å². The van der Waals surface area contributed by atoms with Crippen molar-refractivity contribution in [2.24, 2.45) is 4.99 Å². The first-order chi connectivity index (χ1) is 19.3. The Bertz CT molecular complexity index is 1820. The Hall–Kier alpha value is -4.15. The molecule has 2 aromatic heterocycles. The molecule has 11 heteroatoms. The topological polar surface area (TPSA) is 96.9 Å². The van der Waals surface area contributed by atoms with Gasteiger partial charge in [0.1, 0.15) is 5.15 Å². The fourth-order valence-electron chi connectivity index (χ4n) is 4.68. The van der Waals surface area contributed by atoms with E-state index in [0.29, 0.717) is 48.5 Å². The summed E-state index contributed by atoms with van der Waals surface area (Å²) in [6.45, 7) is 5.49. The van der Waals surface area contributed by atoms with E-state index in [2.05, 4.69) is 10.1 Å². The predicted molar refractivity (Wildman–Crippen MR) is 153 cm³/mol. The first-order valence-corrected chi connectivity index (χ1v) is 13.7. The average molecular weight is 579 g/mol. The van der Waals surface area contributed by atoms with Crippen molar-refractivity contribution < 1.29 is 19.0 Å². The second-order valence-electron chi connectivity index (χ2n) is 8.95. The maximum absolute atomic E-state index is 14.0. The number of nitrogens with zero attached hydrogens (tertiary/aromatic N) is 4. The highest BCUT2D eigenvalue weighted by atomic mass is 35.5. The van der Waals surface area contributed by atoms with E-state index in [-0.39, 0.29) is 17.7 Å². The van der Waals surface area contributed by atoms with Gasteiger partial charge in [-0.2, -0.15) is 5.10 Å². The van der Waals surface area contributed by atoms with Crippen LogP contribution in [0.25, 0.3) is 11.8 Å². The van der Waals surface area contributed by atoms with Crippen LogP contribution < -0.4 is 24.4 Å². The van der Waals surface area contributed by atoms with Gasteiger partial charge in [-0.05, 0) is 56.7 Å². The predicted octanol–water partition coefficient (Wildman–Crippen LogP) is 3.96. The number of halogens is 1. The van der Waals surface area contributed by atoms with Crippen LogP contribution in [0.5, 0.6) is 11.5 Å². The number of carbonyl (C=O) groups is 1. The molecule has 1 unspecified atom stereocenters. The van der Waals surface area contributed by atoms with Crippen LogP contribution in [0.15, 0.2) is 69.6 Å². The zero-order chi connectivity index (χ0) is 28.6. The van der Waals surface area contributed by atoms with Gasteiger partial charge in [-0.25, -0.2) is 14.5 Å². The lowest BCUT2D eigenvalue weighted by Crippen LogP contribution is -2.40. The van der Waals surface area contributed by atoms with Crippen molar-refractivity contribution in [2.75, 3.05) is 20.8 Å². The lowest BCUT2D eigenvalue weighted by molar-refractivity contribution is -0.139. The largest absolute Gasteiger partial charge is 0.493 e. The molecule has 3 heterocycles. The number of esters is 1. The number of allylic oxidation sites excluding steroid dienone is 1. The molecule has 0 aliphatic carbocycles. The third-order valence-corrected chi connectivity index (χ3v) is 7.91. The van der Waals surface area contributed by atoms with Gasteiger partial charge in [-0.3, -0.25) is 9.36 Å². The van der Waals surface area contributed by atoms with Gasteiger partial charge < -0.3 is 14.2 Å². The second kappa shape index (κ2) is 11.1. The van der Waals surface area contributed by atoms with Gasteiger partial charge in [0.05, 0.1) is 54.1 Å². The van der Waals surface area contributed by atoms with Crippen molar-refractivity contribution in [3.8, 4) is 17.2 Å². The number of ether oxygens (including phenoxy) is 3. The van der Waals surface area contributed by atoms with Gasteiger partial charge >= 0.3 is 5.97 Å². The van der Waals surface area contributed by atoms with Gasteiger partial charge in [0.25, 0.3) is 5.56 Å². The maximum Gasteiger partial charge on any atom is 0.338 e. The Morgan fingerprint density at radius 1 is 1.10 bits per heavy atom. The Balaban J connectivity index is 1.72. The summed E-state index contributed by atoms with van der Waals surface area (Å²) in [7, 11) is 3.07. The van der Waals surface area contributed by atoms with Gasteiger partial charge in [0.15, 0.2) is 16.3 Å². The molecule has 0 saturated heterocycles. The summed E-state index contributed by atoms with van der Waals surface area (Å²) in [5.41, 5.74) is 3.17. The first kappa shape index (κ1) is 27.4. The molecule has 0 N–H and O–H groups in total. The minimum atomic E-state index is -0.791. The van der Waals surface area contributed by atoms with Crippen LogP contribution in [-0.2, 0) is 9.53 Å². The number of rotatable bonds is 7. The van der Waals surface area contributed by atoms with Crippen molar-refractivity contribution in [3.63, 3.8) is 0 Å². The Kier molecular flexibility index (Phi) is 7.64. The molecule has 9 nitrogen and oxygen atoms in total. The van der Waals surface area contributed by atoms with Gasteiger partial charge in [0.2, 0.25) is 0 Å². The average Bonchev–Trinajstić information content (AvgIpc) is 3.42. The summed E-state index contributed by atoms with van der Waals surface area (Å²) in [5, 5.41) is 4.97. The molecule has 1 aliphatic heterocycles. The number of carbonyl (C=O) groups excluding carboxylic acids is 1. The maximum atomic E-state index is 14.0. The summed E-state index contributed by atoms with van der Waals surface area (Å²) in [6.07, 6.45) is 1.73. The number of para-hydroxylation sites is 1. The fourth-order valence-corrected chi connectivity index (χ4v) is 6.03. The number of aryl methyl sites for hydroxylation is 1. The summed E-state index contributed by atoms with van der Waals surface area (Å²) < 4.78 is 19.8. The van der Waals surface area contributed by atoms with E-state index in [0.717, 1.165) is 5.69 Å². The number of hydrogen-bond donors (Lipinski definition) is 0. The summed E-state index contributed by atoms with van der Waals surface area (Å²) in [6, 6.07) is 14.0. The monoisotopic (exact) mass is 578 g/mol. The molecule has 5 rings (SSSR count). The molecule has 0 amide bonds. The smallest absolute Gasteiger partial charge is 0.338 e. The minimum absolute atomic E-state index is 0.182. The van der Waals surface area contributed by atoms with Crippen LogP contribution in [0.1, 0.15) is 36.7 Å². The Morgan fingerprint density at radius 2 is 1.82 bits per heavy atom. The van der Waals surface area contributed by atoms with Crippen LogP contribution in [0.2, 0.25) is 5.15 Å². The van der Waals surface area contributed by atoms with E-state index in [1.165, 1.54) is 23.0 Å². The quantitative estimate of drug-likeness (QED) is 0.308. The number of aromatic nitrogens is 3. The third-order valence-electron chi connectivity index (χ3n) is 6.56. The number of fused-ring (bicyclic) bond motifs is 1. The summed E-state index contributed by atoms with van der Waals surface area (Å²) in [4.78, 5) is 32.2. The number of thiazole rings is 1. The Morgan fingerprint density at radius 3 is 2.50 bits per heavy atom. The van der Waals surface area contributed by atoms with Gasteiger partial charge in [0, 0.05) is 5.56 Å².